The highest BCUT2D eigenvalue weighted by atomic mass is 16.1. The molecule has 19 heavy (non-hydrogen) atoms. The summed E-state index contributed by atoms with van der Waals surface area (Å²) in [5, 5.41) is 0. The van der Waals surface area contributed by atoms with Gasteiger partial charge in [-0.15, -0.1) is 0 Å². The van der Waals surface area contributed by atoms with Crippen molar-refractivity contribution in [3.8, 4) is 0 Å². The van der Waals surface area contributed by atoms with Gasteiger partial charge in [-0.2, -0.15) is 0 Å². The molecular formula is C17H25NO. The molecule has 0 aliphatic rings. The number of ketones is 1. The monoisotopic (exact) mass is 259 g/mol. The Hall–Kier alpha value is -1.41. The van der Waals surface area contributed by atoms with Crippen LogP contribution in [0.5, 0.6) is 0 Å². The highest BCUT2D eigenvalue weighted by Gasteiger charge is 2.10. The first-order valence-electron chi connectivity index (χ1n) is 6.86. The maximum Gasteiger partial charge on any atom is 0.159 e. The first-order valence-corrected chi connectivity index (χ1v) is 6.86. The minimum Gasteiger partial charge on any atom is -0.309 e. The molecule has 0 aliphatic carbocycles. The van der Waals surface area contributed by atoms with Crippen molar-refractivity contribution in [3.63, 3.8) is 0 Å². The zero-order valence-electron chi connectivity index (χ0n) is 12.7. The molecule has 1 atom stereocenters. The Morgan fingerprint density at radius 1 is 1.16 bits per heavy atom. The van der Waals surface area contributed by atoms with Crippen LogP contribution in [0.1, 0.15) is 37.8 Å². The minimum atomic E-state index is 0.0428. The van der Waals surface area contributed by atoms with Crippen molar-refractivity contribution in [1.29, 1.82) is 0 Å². The summed E-state index contributed by atoms with van der Waals surface area (Å²) in [6.07, 6.45) is 3.59. The SMILES string of the molecule is CC(C)c1ccc(/C=C/C(=O)[C@@H](C)CN(C)C)cc1. The molecule has 0 saturated carbocycles. The lowest BCUT2D eigenvalue weighted by Gasteiger charge is -2.13. The number of hydrogen-bond donors (Lipinski definition) is 0. The van der Waals surface area contributed by atoms with E-state index < -0.39 is 0 Å². The minimum absolute atomic E-state index is 0.0428. The Balaban J connectivity index is 2.63. The molecule has 0 aromatic heterocycles. The van der Waals surface area contributed by atoms with E-state index in [2.05, 4.69) is 38.1 Å². The van der Waals surface area contributed by atoms with E-state index >= 15 is 0 Å². The van der Waals surface area contributed by atoms with Crippen molar-refractivity contribution < 1.29 is 4.79 Å². The second kappa shape index (κ2) is 7.25. The lowest BCUT2D eigenvalue weighted by atomic mass is 10.0. The molecule has 0 spiro atoms. The van der Waals surface area contributed by atoms with Gasteiger partial charge < -0.3 is 4.90 Å². The normalized spacial score (nSPS) is 13.4. The van der Waals surface area contributed by atoms with Gasteiger partial charge in [0.2, 0.25) is 0 Å². The van der Waals surface area contributed by atoms with E-state index in [-0.39, 0.29) is 11.7 Å². The van der Waals surface area contributed by atoms with E-state index in [1.165, 1.54) is 5.56 Å². The predicted octanol–water partition coefficient (Wildman–Crippen LogP) is 3.59. The van der Waals surface area contributed by atoms with Crippen molar-refractivity contribution in [2.75, 3.05) is 20.6 Å². The summed E-state index contributed by atoms with van der Waals surface area (Å²) >= 11 is 0. The number of benzene rings is 1. The first kappa shape index (κ1) is 15.6. The highest BCUT2D eigenvalue weighted by Crippen LogP contribution is 2.15. The quantitative estimate of drug-likeness (QED) is 0.728. The fourth-order valence-electron chi connectivity index (χ4n) is 1.97. The Morgan fingerprint density at radius 3 is 2.21 bits per heavy atom. The summed E-state index contributed by atoms with van der Waals surface area (Å²) in [6, 6.07) is 8.38. The van der Waals surface area contributed by atoms with Gasteiger partial charge in [-0.3, -0.25) is 4.79 Å². The Bertz CT molecular complexity index is 429. The lowest BCUT2D eigenvalue weighted by Crippen LogP contribution is -2.24. The molecule has 0 amide bonds. The molecule has 0 bridgehead atoms. The van der Waals surface area contributed by atoms with E-state index in [0.717, 1.165) is 12.1 Å². The van der Waals surface area contributed by atoms with Crippen LogP contribution in [0.25, 0.3) is 6.08 Å². The molecule has 0 fully saturated rings. The van der Waals surface area contributed by atoms with Crippen LogP contribution in [0.15, 0.2) is 30.3 Å². The van der Waals surface area contributed by atoms with Gasteiger partial charge in [0.05, 0.1) is 0 Å². The summed E-state index contributed by atoms with van der Waals surface area (Å²) in [7, 11) is 3.97. The van der Waals surface area contributed by atoms with Crippen LogP contribution in [-0.2, 0) is 4.79 Å². The van der Waals surface area contributed by atoms with Gasteiger partial charge >= 0.3 is 0 Å². The second-order valence-electron chi connectivity index (χ2n) is 5.72. The molecule has 1 rings (SSSR count). The number of hydrogen-bond acceptors (Lipinski definition) is 2. The smallest absolute Gasteiger partial charge is 0.159 e. The van der Waals surface area contributed by atoms with Crippen LogP contribution >= 0.6 is 0 Å². The van der Waals surface area contributed by atoms with E-state index in [1.54, 1.807) is 6.08 Å². The third-order valence-corrected chi connectivity index (χ3v) is 3.17. The van der Waals surface area contributed by atoms with E-state index in [4.69, 9.17) is 0 Å². The van der Waals surface area contributed by atoms with Crippen molar-refractivity contribution in [2.24, 2.45) is 5.92 Å². The number of nitrogens with zero attached hydrogens (tertiary/aromatic N) is 1. The van der Waals surface area contributed by atoms with Crippen LogP contribution in [0.4, 0.5) is 0 Å². The Kier molecular flexibility index (Phi) is 5.97. The average Bonchev–Trinajstić information content (AvgIpc) is 2.35. The summed E-state index contributed by atoms with van der Waals surface area (Å²) in [4.78, 5) is 13.9. The topological polar surface area (TPSA) is 20.3 Å². The van der Waals surface area contributed by atoms with Gasteiger partial charge in [0.1, 0.15) is 0 Å². The lowest BCUT2D eigenvalue weighted by molar-refractivity contribution is -0.118. The van der Waals surface area contributed by atoms with Crippen LogP contribution in [0, 0.1) is 5.92 Å². The molecule has 104 valence electrons. The van der Waals surface area contributed by atoms with Crippen molar-refractivity contribution in [3.05, 3.63) is 41.5 Å². The van der Waals surface area contributed by atoms with Crippen LogP contribution < -0.4 is 0 Å². The fraction of sp³-hybridized carbons (Fsp3) is 0.471. The van der Waals surface area contributed by atoms with Crippen LogP contribution in [0.2, 0.25) is 0 Å². The van der Waals surface area contributed by atoms with Crippen LogP contribution in [0.3, 0.4) is 0 Å². The molecule has 0 heterocycles. The van der Waals surface area contributed by atoms with Gasteiger partial charge in [-0.05, 0) is 37.2 Å². The molecular weight excluding hydrogens is 234 g/mol. The molecule has 0 aliphatic heterocycles. The van der Waals surface area contributed by atoms with Gasteiger partial charge in [-0.1, -0.05) is 51.1 Å². The highest BCUT2D eigenvalue weighted by molar-refractivity contribution is 5.95. The third-order valence-electron chi connectivity index (χ3n) is 3.17. The first-order chi connectivity index (χ1) is 8.90. The molecule has 1 aromatic rings. The molecule has 0 radical (unpaired) electrons. The van der Waals surface area contributed by atoms with E-state index in [0.29, 0.717) is 5.92 Å². The predicted molar refractivity (Wildman–Crippen MR) is 82.3 cm³/mol. The zero-order chi connectivity index (χ0) is 14.4. The number of carbonyl (C=O) groups is 1. The van der Waals surface area contributed by atoms with Crippen molar-refractivity contribution in [1.82, 2.24) is 4.90 Å². The van der Waals surface area contributed by atoms with Gasteiger partial charge in [0.25, 0.3) is 0 Å². The molecule has 2 nitrogen and oxygen atoms in total. The molecule has 0 unspecified atom stereocenters. The second-order valence-corrected chi connectivity index (χ2v) is 5.72. The molecule has 0 saturated heterocycles. The molecule has 2 heteroatoms. The average molecular weight is 259 g/mol. The summed E-state index contributed by atoms with van der Waals surface area (Å²) < 4.78 is 0. The maximum atomic E-state index is 11.9. The van der Waals surface area contributed by atoms with Crippen LogP contribution in [-0.4, -0.2) is 31.3 Å². The van der Waals surface area contributed by atoms with Gasteiger partial charge in [-0.25, -0.2) is 0 Å². The molecule has 1 aromatic carbocycles. The third kappa shape index (κ3) is 5.39. The summed E-state index contributed by atoms with van der Waals surface area (Å²) in [5.74, 6) is 0.766. The summed E-state index contributed by atoms with van der Waals surface area (Å²) in [5.41, 5.74) is 2.40. The maximum absolute atomic E-state index is 11.9. The Labute approximate surface area is 117 Å². The van der Waals surface area contributed by atoms with Crippen molar-refractivity contribution >= 4 is 11.9 Å². The van der Waals surface area contributed by atoms with E-state index in [9.17, 15) is 4.79 Å². The summed E-state index contributed by atoms with van der Waals surface area (Å²) in [6.45, 7) is 7.11. The fourth-order valence-corrected chi connectivity index (χ4v) is 1.97. The number of allylic oxidation sites excluding steroid dienone is 1. The van der Waals surface area contributed by atoms with Crippen molar-refractivity contribution in [2.45, 2.75) is 26.7 Å². The van der Waals surface area contributed by atoms with E-state index in [1.807, 2.05) is 32.0 Å². The standard InChI is InChI=1S/C17H25NO/c1-13(2)16-9-6-15(7-10-16)8-11-17(19)14(3)12-18(4)5/h6-11,13-14H,12H2,1-5H3/b11-8+/t14-/m0/s1. The Morgan fingerprint density at radius 2 is 1.74 bits per heavy atom. The van der Waals surface area contributed by atoms with Gasteiger partial charge in [0, 0.05) is 12.5 Å². The zero-order valence-corrected chi connectivity index (χ0v) is 12.7. The number of rotatable bonds is 6. The van der Waals surface area contributed by atoms with Gasteiger partial charge in [0.15, 0.2) is 5.78 Å². The number of carbonyl (C=O) groups excluding carboxylic acids is 1. The largest absolute Gasteiger partial charge is 0.309 e. The molecule has 0 N–H and O–H groups in total.